The zero-order valence-corrected chi connectivity index (χ0v) is 20.9. The fourth-order valence-electron chi connectivity index (χ4n) is 4.59. The van der Waals surface area contributed by atoms with E-state index >= 15 is 0 Å². The number of hydrogen-bond acceptors (Lipinski definition) is 7. The highest BCUT2D eigenvalue weighted by Gasteiger charge is 2.31. The topological polar surface area (TPSA) is 131 Å². The molecule has 2 fully saturated rings. The molecule has 1 aromatic carbocycles. The number of carbonyl (C=O) groups excluding carboxylic acids is 3. The van der Waals surface area contributed by atoms with Crippen LogP contribution in [0.1, 0.15) is 32.1 Å². The molecular weight excluding hydrogens is 484 g/mol. The van der Waals surface area contributed by atoms with Gasteiger partial charge in [-0.3, -0.25) is 9.59 Å². The molecule has 0 radical (unpaired) electrons. The van der Waals surface area contributed by atoms with Crippen LogP contribution in [0.15, 0.2) is 35.8 Å². The molecule has 1 aromatic heterocycles. The lowest BCUT2D eigenvalue weighted by molar-refractivity contribution is -0.140. The number of anilines is 1. The molecule has 2 aromatic rings. The summed E-state index contributed by atoms with van der Waals surface area (Å²) in [5.41, 5.74) is 1.04. The number of aromatic nitrogens is 1. The number of nitrogens with zero attached hydrogens (tertiary/aromatic N) is 3. The van der Waals surface area contributed by atoms with E-state index in [-0.39, 0.29) is 29.8 Å². The van der Waals surface area contributed by atoms with Gasteiger partial charge in [0, 0.05) is 42.4 Å². The first-order valence-corrected chi connectivity index (χ1v) is 12.4. The average Bonchev–Trinajstić information content (AvgIpc) is 3.51. The van der Waals surface area contributed by atoms with Crippen molar-refractivity contribution in [2.45, 2.75) is 38.1 Å². The van der Waals surface area contributed by atoms with Gasteiger partial charge in [-0.1, -0.05) is 11.6 Å². The number of halogens is 1. The summed E-state index contributed by atoms with van der Waals surface area (Å²) in [7, 11) is 1.19. The first-order valence-electron chi connectivity index (χ1n) is 12.0. The number of amides is 2. The number of fused-ring (bicyclic) bond motifs is 1. The van der Waals surface area contributed by atoms with Crippen molar-refractivity contribution in [1.29, 1.82) is 5.26 Å². The van der Waals surface area contributed by atoms with E-state index in [0.717, 1.165) is 49.7 Å². The van der Waals surface area contributed by atoms with Crippen molar-refractivity contribution in [3.05, 3.63) is 40.8 Å². The first kappa shape index (κ1) is 25.4. The van der Waals surface area contributed by atoms with Gasteiger partial charge in [-0.15, -0.1) is 0 Å². The number of hydrogen-bond donors (Lipinski definition) is 3. The smallest absolute Gasteiger partial charge is 0.352 e. The van der Waals surface area contributed by atoms with E-state index in [1.54, 1.807) is 34.2 Å². The molecule has 0 spiro atoms. The van der Waals surface area contributed by atoms with Crippen LogP contribution in [0.5, 0.6) is 0 Å². The Morgan fingerprint density at radius 1 is 1.22 bits per heavy atom. The Balaban J connectivity index is 1.58. The second kappa shape index (κ2) is 11.4. The molecule has 0 bridgehead atoms. The Bertz CT molecular complexity index is 1230. The highest BCUT2D eigenvalue weighted by atomic mass is 35.5. The molecule has 0 saturated carbocycles. The van der Waals surface area contributed by atoms with E-state index in [4.69, 9.17) is 16.3 Å². The third kappa shape index (κ3) is 5.57. The van der Waals surface area contributed by atoms with Gasteiger partial charge in [-0.05, 0) is 50.3 Å². The van der Waals surface area contributed by atoms with Crippen LogP contribution in [-0.2, 0) is 19.1 Å². The molecule has 2 saturated heterocycles. The van der Waals surface area contributed by atoms with Crippen LogP contribution < -0.4 is 10.6 Å². The fraction of sp³-hybridized carbons (Fsp3) is 0.440. The molecule has 10 nitrogen and oxygen atoms in total. The Morgan fingerprint density at radius 2 is 1.97 bits per heavy atom. The molecule has 190 valence electrons. The molecule has 4 rings (SSSR count). The maximum Gasteiger partial charge on any atom is 0.352 e. The minimum absolute atomic E-state index is 0.0237. The number of nitrogens with one attached hydrogen (secondary N) is 3. The predicted molar refractivity (Wildman–Crippen MR) is 135 cm³/mol. The second-order valence-electron chi connectivity index (χ2n) is 8.92. The minimum atomic E-state index is -0.835. The van der Waals surface area contributed by atoms with E-state index < -0.39 is 12.0 Å². The Morgan fingerprint density at radius 3 is 2.69 bits per heavy atom. The summed E-state index contributed by atoms with van der Waals surface area (Å²) < 4.78 is 4.80. The van der Waals surface area contributed by atoms with E-state index in [1.807, 2.05) is 6.07 Å². The fourth-order valence-corrected chi connectivity index (χ4v) is 4.81. The Hall–Kier alpha value is -3.71. The van der Waals surface area contributed by atoms with Crippen molar-refractivity contribution in [2.24, 2.45) is 0 Å². The predicted octanol–water partition coefficient (Wildman–Crippen LogP) is 2.73. The van der Waals surface area contributed by atoms with Crippen LogP contribution in [0.4, 0.5) is 5.69 Å². The number of ether oxygens (including phenoxy) is 1. The lowest BCUT2D eigenvalue weighted by Crippen LogP contribution is -2.49. The summed E-state index contributed by atoms with van der Waals surface area (Å²) in [5, 5.41) is 17.3. The van der Waals surface area contributed by atoms with Crippen LogP contribution in [0.3, 0.4) is 0 Å². The first-order chi connectivity index (χ1) is 17.4. The van der Waals surface area contributed by atoms with Crippen molar-refractivity contribution >= 4 is 46.0 Å². The number of esters is 1. The van der Waals surface area contributed by atoms with Gasteiger partial charge >= 0.3 is 5.97 Å². The van der Waals surface area contributed by atoms with Crippen LogP contribution in [-0.4, -0.2) is 71.9 Å². The number of carbonyl (C=O) groups is 3. The van der Waals surface area contributed by atoms with Crippen molar-refractivity contribution in [3.8, 4) is 6.07 Å². The number of benzene rings is 1. The lowest BCUT2D eigenvalue weighted by Gasteiger charge is -2.28. The summed E-state index contributed by atoms with van der Waals surface area (Å²) >= 11 is 6.17. The van der Waals surface area contributed by atoms with Gasteiger partial charge < -0.3 is 30.2 Å². The van der Waals surface area contributed by atoms with E-state index in [2.05, 4.69) is 15.6 Å². The van der Waals surface area contributed by atoms with E-state index in [1.165, 1.54) is 7.11 Å². The number of likely N-dealkylation sites (tertiary alicyclic amines) is 2. The van der Waals surface area contributed by atoms with Gasteiger partial charge in [0.1, 0.15) is 17.9 Å². The molecule has 3 heterocycles. The molecule has 0 aliphatic carbocycles. The number of methoxy groups -OCH3 is 1. The third-order valence-electron chi connectivity index (χ3n) is 6.54. The van der Waals surface area contributed by atoms with Crippen molar-refractivity contribution < 1.29 is 19.1 Å². The van der Waals surface area contributed by atoms with Gasteiger partial charge in [0.25, 0.3) is 0 Å². The van der Waals surface area contributed by atoms with Crippen LogP contribution >= 0.6 is 11.6 Å². The summed E-state index contributed by atoms with van der Waals surface area (Å²) in [6.07, 6.45) is 5.63. The van der Waals surface area contributed by atoms with Gasteiger partial charge in [0.05, 0.1) is 18.7 Å². The molecule has 0 unspecified atom stereocenters. The maximum absolute atomic E-state index is 13.4. The quantitative estimate of drug-likeness (QED) is 0.295. The highest BCUT2D eigenvalue weighted by Crippen LogP contribution is 2.26. The van der Waals surface area contributed by atoms with Crippen molar-refractivity contribution in [1.82, 2.24) is 20.1 Å². The molecule has 3 N–H and O–H groups in total. The number of H-pyrrole nitrogens is 1. The van der Waals surface area contributed by atoms with Crippen molar-refractivity contribution in [2.75, 3.05) is 38.6 Å². The van der Waals surface area contributed by atoms with E-state index in [0.29, 0.717) is 23.7 Å². The van der Waals surface area contributed by atoms with Gasteiger partial charge in [0.2, 0.25) is 11.8 Å². The summed E-state index contributed by atoms with van der Waals surface area (Å²) in [6, 6.07) is 6.50. The largest absolute Gasteiger partial charge is 0.465 e. The molecule has 1 atom stereocenters. The Labute approximate surface area is 214 Å². The van der Waals surface area contributed by atoms with Crippen LogP contribution in [0.25, 0.3) is 10.9 Å². The second-order valence-corrected chi connectivity index (χ2v) is 9.32. The monoisotopic (exact) mass is 512 g/mol. The number of nitriles is 1. The lowest BCUT2D eigenvalue weighted by atomic mass is 10.1. The van der Waals surface area contributed by atoms with Crippen LogP contribution in [0, 0.1) is 11.3 Å². The zero-order chi connectivity index (χ0) is 25.7. The Kier molecular flexibility index (Phi) is 8.00. The zero-order valence-electron chi connectivity index (χ0n) is 20.1. The molecule has 11 heteroatoms. The van der Waals surface area contributed by atoms with Gasteiger partial charge in [-0.25, -0.2) is 4.79 Å². The summed E-state index contributed by atoms with van der Waals surface area (Å²) in [6.45, 7) is 1.95. The SMILES string of the molecule is COC(=O)/C(C#N)=C(\Nc1ccc2c(Cl)c[nH]c2c1)N[C@H]1CCCCN(CC(=O)N2CCCC2)C1=O. The maximum atomic E-state index is 13.4. The van der Waals surface area contributed by atoms with E-state index in [9.17, 15) is 19.6 Å². The molecule has 2 aliphatic heterocycles. The molecule has 36 heavy (non-hydrogen) atoms. The van der Waals surface area contributed by atoms with Crippen molar-refractivity contribution in [3.63, 3.8) is 0 Å². The summed E-state index contributed by atoms with van der Waals surface area (Å²) in [5.74, 6) is -1.07. The molecule has 2 amide bonds. The van der Waals surface area contributed by atoms with Gasteiger partial charge in [0.15, 0.2) is 5.57 Å². The molecule has 2 aliphatic rings. The minimum Gasteiger partial charge on any atom is -0.465 e. The normalized spacial score (nSPS) is 18.9. The van der Waals surface area contributed by atoms with Gasteiger partial charge in [-0.2, -0.15) is 5.26 Å². The molecular formula is C25H29ClN6O4. The van der Waals surface area contributed by atoms with Crippen LogP contribution in [0.2, 0.25) is 5.02 Å². The average molecular weight is 513 g/mol. The highest BCUT2D eigenvalue weighted by molar-refractivity contribution is 6.35. The number of rotatable bonds is 7. The standard InChI is InChI=1S/C25H29ClN6O4/c1-36-25(35)18(13-27)23(29-16-7-8-17-19(26)14-28-21(17)12-16)30-20-6-2-3-11-32(24(20)34)15-22(33)31-9-4-5-10-31/h7-8,12,14,20,28-30H,2-6,9-11,15H2,1H3/b23-18+/t20-/m0/s1. The summed E-state index contributed by atoms with van der Waals surface area (Å²) in [4.78, 5) is 45.0. The third-order valence-corrected chi connectivity index (χ3v) is 6.85. The number of aromatic amines is 1.